The highest BCUT2D eigenvalue weighted by molar-refractivity contribution is 7.85. The van der Waals surface area contributed by atoms with Crippen molar-refractivity contribution in [1.82, 2.24) is 9.80 Å². The highest BCUT2D eigenvalue weighted by atomic mass is 32.2. The van der Waals surface area contributed by atoms with E-state index in [0.717, 1.165) is 12.8 Å². The lowest BCUT2D eigenvalue weighted by atomic mass is 9.94. The van der Waals surface area contributed by atoms with Gasteiger partial charge < -0.3 is 14.9 Å². The molecular weight excluding hydrogens is 268 g/mol. The number of hydrogen-bond donors (Lipinski definition) is 1. The molecule has 2 rings (SSSR count). The van der Waals surface area contributed by atoms with E-state index in [4.69, 9.17) is 5.11 Å². The third kappa shape index (κ3) is 3.92. The molecule has 2 heterocycles. The Morgan fingerprint density at radius 2 is 1.58 bits per heavy atom. The Morgan fingerprint density at radius 1 is 1.05 bits per heavy atom. The SMILES string of the molecule is O=C(O)CC1CCN(C(=O)N2CCS(=O)CC2)CC1. The maximum absolute atomic E-state index is 12.2. The summed E-state index contributed by atoms with van der Waals surface area (Å²) < 4.78 is 11.3. The van der Waals surface area contributed by atoms with Crippen molar-refractivity contribution in [3.05, 3.63) is 0 Å². The lowest BCUT2D eigenvalue weighted by Gasteiger charge is -2.36. The zero-order valence-electron chi connectivity index (χ0n) is 10.9. The lowest BCUT2D eigenvalue weighted by Crippen LogP contribution is -2.50. The normalized spacial score (nSPS) is 22.5. The van der Waals surface area contributed by atoms with Crippen LogP contribution in [0.2, 0.25) is 0 Å². The molecule has 0 aromatic heterocycles. The second-order valence-electron chi connectivity index (χ2n) is 5.15. The summed E-state index contributed by atoms with van der Waals surface area (Å²) in [5, 5.41) is 8.75. The van der Waals surface area contributed by atoms with Crippen LogP contribution in [0.1, 0.15) is 19.3 Å². The van der Waals surface area contributed by atoms with Crippen molar-refractivity contribution in [1.29, 1.82) is 0 Å². The van der Waals surface area contributed by atoms with Crippen LogP contribution >= 0.6 is 0 Å². The van der Waals surface area contributed by atoms with E-state index in [1.165, 1.54) is 0 Å². The number of aliphatic carboxylic acids is 1. The molecule has 0 aromatic carbocycles. The van der Waals surface area contributed by atoms with Gasteiger partial charge in [0.25, 0.3) is 0 Å². The van der Waals surface area contributed by atoms with Gasteiger partial charge in [-0.15, -0.1) is 0 Å². The van der Waals surface area contributed by atoms with Gasteiger partial charge in [-0.2, -0.15) is 0 Å². The van der Waals surface area contributed by atoms with Crippen LogP contribution in [0.5, 0.6) is 0 Å². The third-order valence-corrected chi connectivity index (χ3v) is 5.07. The van der Waals surface area contributed by atoms with Gasteiger partial charge in [-0.1, -0.05) is 0 Å². The zero-order chi connectivity index (χ0) is 13.8. The van der Waals surface area contributed by atoms with Crippen LogP contribution in [0.15, 0.2) is 0 Å². The molecule has 6 nitrogen and oxygen atoms in total. The first-order chi connectivity index (χ1) is 9.06. The number of hydrogen-bond acceptors (Lipinski definition) is 3. The number of likely N-dealkylation sites (tertiary alicyclic amines) is 1. The molecule has 0 aromatic rings. The van der Waals surface area contributed by atoms with E-state index in [0.29, 0.717) is 37.7 Å². The number of amides is 2. The predicted molar refractivity (Wildman–Crippen MR) is 71.4 cm³/mol. The molecule has 108 valence electrons. The molecule has 0 spiro atoms. The van der Waals surface area contributed by atoms with Crippen molar-refractivity contribution in [2.45, 2.75) is 19.3 Å². The molecule has 2 amide bonds. The van der Waals surface area contributed by atoms with Crippen LogP contribution in [0.25, 0.3) is 0 Å². The number of carbonyl (C=O) groups excluding carboxylic acids is 1. The van der Waals surface area contributed by atoms with Gasteiger partial charge in [-0.25, -0.2) is 4.79 Å². The quantitative estimate of drug-likeness (QED) is 0.795. The van der Waals surface area contributed by atoms with Gasteiger partial charge in [0.15, 0.2) is 0 Å². The number of rotatable bonds is 2. The molecule has 19 heavy (non-hydrogen) atoms. The predicted octanol–water partition coefficient (Wildman–Crippen LogP) is 0.357. The summed E-state index contributed by atoms with van der Waals surface area (Å²) >= 11 is 0. The molecule has 2 aliphatic rings. The zero-order valence-corrected chi connectivity index (χ0v) is 11.7. The molecule has 0 atom stereocenters. The van der Waals surface area contributed by atoms with Crippen LogP contribution in [0, 0.1) is 5.92 Å². The van der Waals surface area contributed by atoms with E-state index >= 15 is 0 Å². The van der Waals surface area contributed by atoms with Crippen LogP contribution in [0.3, 0.4) is 0 Å². The van der Waals surface area contributed by atoms with Crippen molar-refractivity contribution < 1.29 is 18.9 Å². The Labute approximate surface area is 115 Å². The van der Waals surface area contributed by atoms with Gasteiger partial charge in [0, 0.05) is 54.9 Å². The molecule has 0 radical (unpaired) electrons. The van der Waals surface area contributed by atoms with Crippen molar-refractivity contribution in [3.8, 4) is 0 Å². The standard InChI is InChI=1S/C12H20N2O4S/c15-11(16)9-10-1-3-13(4-2-10)12(17)14-5-7-19(18)8-6-14/h10H,1-9H2,(H,15,16). The highest BCUT2D eigenvalue weighted by Crippen LogP contribution is 2.21. The molecule has 7 heteroatoms. The molecule has 2 fully saturated rings. The van der Waals surface area contributed by atoms with Crippen molar-refractivity contribution >= 4 is 22.8 Å². The van der Waals surface area contributed by atoms with E-state index in [2.05, 4.69) is 0 Å². The van der Waals surface area contributed by atoms with E-state index in [1.54, 1.807) is 9.80 Å². The maximum atomic E-state index is 12.2. The van der Waals surface area contributed by atoms with E-state index in [9.17, 15) is 13.8 Å². The molecule has 1 N–H and O–H groups in total. The van der Waals surface area contributed by atoms with E-state index in [-0.39, 0.29) is 18.4 Å². The first kappa shape index (κ1) is 14.3. The largest absolute Gasteiger partial charge is 0.481 e. The van der Waals surface area contributed by atoms with Gasteiger partial charge in [-0.3, -0.25) is 9.00 Å². The Kier molecular flexibility index (Phi) is 4.79. The van der Waals surface area contributed by atoms with Crippen LogP contribution in [0.4, 0.5) is 4.79 Å². The minimum absolute atomic E-state index is 0.0190. The second-order valence-corrected chi connectivity index (χ2v) is 6.84. The van der Waals surface area contributed by atoms with Gasteiger partial charge in [0.2, 0.25) is 0 Å². The third-order valence-electron chi connectivity index (χ3n) is 3.80. The summed E-state index contributed by atoms with van der Waals surface area (Å²) in [6.07, 6.45) is 1.72. The van der Waals surface area contributed by atoms with Gasteiger partial charge >= 0.3 is 12.0 Å². The molecule has 0 aliphatic carbocycles. The number of nitrogens with zero attached hydrogens (tertiary/aromatic N) is 2. The minimum atomic E-state index is -0.772. The first-order valence-corrected chi connectivity index (χ1v) is 8.15. The van der Waals surface area contributed by atoms with Crippen LogP contribution in [-0.2, 0) is 15.6 Å². The fourth-order valence-corrected chi connectivity index (χ4v) is 3.66. The summed E-state index contributed by atoms with van der Waals surface area (Å²) in [5.41, 5.74) is 0. The number of carbonyl (C=O) groups is 2. The summed E-state index contributed by atoms with van der Waals surface area (Å²) in [5.74, 6) is 0.571. The molecular formula is C12H20N2O4S. The van der Waals surface area contributed by atoms with E-state index < -0.39 is 16.8 Å². The minimum Gasteiger partial charge on any atom is -0.481 e. The number of carboxylic acid groups (broad SMARTS) is 1. The number of urea groups is 1. The number of piperidine rings is 1. The molecule has 2 aliphatic heterocycles. The molecule has 0 saturated carbocycles. The first-order valence-electron chi connectivity index (χ1n) is 6.67. The van der Waals surface area contributed by atoms with Crippen LogP contribution in [-0.4, -0.2) is 68.8 Å². The maximum Gasteiger partial charge on any atom is 0.320 e. The van der Waals surface area contributed by atoms with Crippen LogP contribution < -0.4 is 0 Å². The Balaban J connectivity index is 1.79. The Hall–Kier alpha value is -1.11. The summed E-state index contributed by atoms with van der Waals surface area (Å²) in [4.78, 5) is 26.4. The smallest absolute Gasteiger partial charge is 0.320 e. The number of carboxylic acids is 1. The van der Waals surface area contributed by atoms with Crippen molar-refractivity contribution in [2.24, 2.45) is 5.92 Å². The summed E-state index contributed by atoms with van der Waals surface area (Å²) in [7, 11) is -0.772. The average Bonchev–Trinajstić information content (AvgIpc) is 2.39. The summed E-state index contributed by atoms with van der Waals surface area (Å²) in [6.45, 7) is 2.41. The van der Waals surface area contributed by atoms with Gasteiger partial charge in [-0.05, 0) is 18.8 Å². The molecule has 0 bridgehead atoms. The highest BCUT2D eigenvalue weighted by Gasteiger charge is 2.28. The second kappa shape index (κ2) is 6.36. The van der Waals surface area contributed by atoms with Gasteiger partial charge in [0.1, 0.15) is 0 Å². The Morgan fingerprint density at radius 3 is 2.11 bits per heavy atom. The van der Waals surface area contributed by atoms with Crippen molar-refractivity contribution in [3.63, 3.8) is 0 Å². The molecule has 0 unspecified atom stereocenters. The summed E-state index contributed by atoms with van der Waals surface area (Å²) in [6, 6.07) is 0.0190. The average molecular weight is 288 g/mol. The monoisotopic (exact) mass is 288 g/mol. The van der Waals surface area contributed by atoms with Gasteiger partial charge in [0.05, 0.1) is 0 Å². The molecule has 2 saturated heterocycles. The fourth-order valence-electron chi connectivity index (χ4n) is 2.60. The van der Waals surface area contributed by atoms with Crippen molar-refractivity contribution in [2.75, 3.05) is 37.7 Å². The lowest BCUT2D eigenvalue weighted by molar-refractivity contribution is -0.138. The Bertz CT molecular complexity index is 370. The fraction of sp³-hybridized carbons (Fsp3) is 0.833. The topological polar surface area (TPSA) is 77.9 Å². The van der Waals surface area contributed by atoms with E-state index in [1.807, 2.05) is 0 Å².